The highest BCUT2D eigenvalue weighted by Crippen LogP contribution is 2.26. The smallest absolute Gasteiger partial charge is 0.133 e. The van der Waals surface area contributed by atoms with Crippen LogP contribution in [-0.4, -0.2) is 19.1 Å². The number of nitrogen functional groups attached to an aromatic ring is 1. The molecule has 2 rings (SSSR count). The maximum Gasteiger partial charge on any atom is 0.133 e. The highest BCUT2D eigenvalue weighted by atomic mass is 15.2. The predicted octanol–water partition coefficient (Wildman–Crippen LogP) is 1.84. The van der Waals surface area contributed by atoms with Crippen molar-refractivity contribution in [3.05, 3.63) is 18.3 Å². The lowest BCUT2D eigenvalue weighted by Gasteiger charge is -2.05. The van der Waals surface area contributed by atoms with Gasteiger partial charge in [0.2, 0.25) is 0 Å². The molecule has 0 amide bonds. The summed E-state index contributed by atoms with van der Waals surface area (Å²) in [6.07, 6.45) is 5.59. The molecule has 0 fully saturated rings. The monoisotopic (exact) mass is 233 g/mol. The molecule has 0 aliphatic rings. The minimum absolute atomic E-state index is 0.736. The molecular formula is C12H19N5. The minimum atomic E-state index is 0.736. The van der Waals surface area contributed by atoms with Crippen molar-refractivity contribution in [3.63, 3.8) is 0 Å². The Balaban J connectivity index is 2.52. The standard InChI is InChI=1S/C12H19N5/c1-4-6-10-15-11(12(13)17(10)5-2)9-7-14-8-16(9)3/h7-8H,4-6,13H2,1-3H3. The topological polar surface area (TPSA) is 61.7 Å². The third-order valence-electron chi connectivity index (χ3n) is 2.93. The summed E-state index contributed by atoms with van der Waals surface area (Å²) in [5.41, 5.74) is 7.97. The van der Waals surface area contributed by atoms with Crippen molar-refractivity contribution >= 4 is 5.82 Å². The van der Waals surface area contributed by atoms with Gasteiger partial charge in [0.05, 0.1) is 18.2 Å². The number of imidazole rings is 2. The predicted molar refractivity (Wildman–Crippen MR) is 68.5 cm³/mol. The van der Waals surface area contributed by atoms with E-state index in [-0.39, 0.29) is 0 Å². The Hall–Kier alpha value is -1.78. The molecule has 2 N–H and O–H groups in total. The SMILES string of the molecule is CCCc1nc(-c2cncn2C)c(N)n1CC. The van der Waals surface area contributed by atoms with Gasteiger partial charge in [-0.25, -0.2) is 9.97 Å². The Morgan fingerprint density at radius 3 is 2.65 bits per heavy atom. The molecule has 0 bridgehead atoms. The van der Waals surface area contributed by atoms with Crippen LogP contribution in [0.15, 0.2) is 12.5 Å². The molecule has 0 saturated carbocycles. The van der Waals surface area contributed by atoms with E-state index in [9.17, 15) is 0 Å². The first-order chi connectivity index (χ1) is 8.19. The van der Waals surface area contributed by atoms with Gasteiger partial charge in [0.1, 0.15) is 17.3 Å². The van der Waals surface area contributed by atoms with E-state index >= 15 is 0 Å². The second-order valence-corrected chi connectivity index (χ2v) is 4.15. The Morgan fingerprint density at radius 1 is 1.35 bits per heavy atom. The molecule has 0 radical (unpaired) electrons. The number of aromatic nitrogens is 4. The van der Waals surface area contributed by atoms with E-state index in [1.54, 1.807) is 12.5 Å². The first kappa shape index (κ1) is 11.7. The van der Waals surface area contributed by atoms with Crippen molar-refractivity contribution in [2.24, 2.45) is 7.05 Å². The summed E-state index contributed by atoms with van der Waals surface area (Å²) < 4.78 is 4.01. The van der Waals surface area contributed by atoms with Crippen LogP contribution in [-0.2, 0) is 20.0 Å². The average molecular weight is 233 g/mol. The highest BCUT2D eigenvalue weighted by Gasteiger charge is 2.16. The van der Waals surface area contributed by atoms with Gasteiger partial charge in [-0.2, -0.15) is 0 Å². The van der Waals surface area contributed by atoms with Gasteiger partial charge in [0.15, 0.2) is 0 Å². The second-order valence-electron chi connectivity index (χ2n) is 4.15. The first-order valence-corrected chi connectivity index (χ1v) is 6.00. The summed E-state index contributed by atoms with van der Waals surface area (Å²) in [4.78, 5) is 8.76. The summed E-state index contributed by atoms with van der Waals surface area (Å²) in [7, 11) is 1.95. The van der Waals surface area contributed by atoms with Crippen LogP contribution in [0.4, 0.5) is 5.82 Å². The summed E-state index contributed by atoms with van der Waals surface area (Å²) in [6.45, 7) is 5.09. The highest BCUT2D eigenvalue weighted by molar-refractivity contribution is 5.67. The quantitative estimate of drug-likeness (QED) is 0.876. The summed E-state index contributed by atoms with van der Waals surface area (Å²) >= 11 is 0. The van der Waals surface area contributed by atoms with Gasteiger partial charge in [-0.3, -0.25) is 0 Å². The van der Waals surface area contributed by atoms with Crippen LogP contribution in [0, 0.1) is 0 Å². The molecule has 0 aromatic carbocycles. The maximum absolute atomic E-state index is 6.16. The van der Waals surface area contributed by atoms with Gasteiger partial charge >= 0.3 is 0 Å². The Kier molecular flexibility index (Phi) is 3.17. The molecule has 2 heterocycles. The maximum atomic E-state index is 6.16. The normalized spacial score (nSPS) is 11.0. The lowest BCUT2D eigenvalue weighted by molar-refractivity contribution is 0.690. The summed E-state index contributed by atoms with van der Waals surface area (Å²) in [5.74, 6) is 1.79. The molecule has 5 heteroatoms. The zero-order valence-corrected chi connectivity index (χ0v) is 10.6. The van der Waals surface area contributed by atoms with E-state index < -0.39 is 0 Å². The van der Waals surface area contributed by atoms with Crippen LogP contribution < -0.4 is 5.73 Å². The molecule has 17 heavy (non-hydrogen) atoms. The molecule has 2 aromatic heterocycles. The lowest BCUT2D eigenvalue weighted by atomic mass is 10.3. The molecule has 2 aromatic rings. The van der Waals surface area contributed by atoms with E-state index in [2.05, 4.69) is 28.4 Å². The third-order valence-corrected chi connectivity index (χ3v) is 2.93. The van der Waals surface area contributed by atoms with E-state index in [1.165, 1.54) is 0 Å². The van der Waals surface area contributed by atoms with Crippen LogP contribution in [0.25, 0.3) is 11.4 Å². The summed E-state index contributed by atoms with van der Waals surface area (Å²) in [6, 6.07) is 0. The van der Waals surface area contributed by atoms with E-state index in [0.717, 1.165) is 42.4 Å². The molecule has 92 valence electrons. The first-order valence-electron chi connectivity index (χ1n) is 6.00. The van der Waals surface area contributed by atoms with Gasteiger partial charge in [-0.15, -0.1) is 0 Å². The van der Waals surface area contributed by atoms with Gasteiger partial charge in [-0.1, -0.05) is 6.92 Å². The lowest BCUT2D eigenvalue weighted by Crippen LogP contribution is -2.05. The fourth-order valence-corrected chi connectivity index (χ4v) is 2.05. The molecule has 0 atom stereocenters. The fourth-order valence-electron chi connectivity index (χ4n) is 2.05. The number of nitrogens with zero attached hydrogens (tertiary/aromatic N) is 4. The zero-order valence-electron chi connectivity index (χ0n) is 10.6. The van der Waals surface area contributed by atoms with Crippen molar-refractivity contribution in [3.8, 4) is 11.4 Å². The van der Waals surface area contributed by atoms with Crippen molar-refractivity contribution in [1.29, 1.82) is 0 Å². The van der Waals surface area contributed by atoms with Crippen molar-refractivity contribution < 1.29 is 0 Å². The fraction of sp³-hybridized carbons (Fsp3) is 0.500. The van der Waals surface area contributed by atoms with E-state index in [4.69, 9.17) is 5.73 Å². The third kappa shape index (κ3) is 1.92. The molecule has 0 aliphatic heterocycles. The van der Waals surface area contributed by atoms with Gasteiger partial charge in [-0.05, 0) is 13.3 Å². The largest absolute Gasteiger partial charge is 0.383 e. The molecule has 0 saturated heterocycles. The van der Waals surface area contributed by atoms with Crippen LogP contribution in [0.2, 0.25) is 0 Å². The number of aryl methyl sites for hydroxylation is 2. The van der Waals surface area contributed by atoms with Crippen LogP contribution >= 0.6 is 0 Å². The number of anilines is 1. The molecule has 0 spiro atoms. The van der Waals surface area contributed by atoms with Crippen molar-refractivity contribution in [2.45, 2.75) is 33.2 Å². The minimum Gasteiger partial charge on any atom is -0.383 e. The number of hydrogen-bond acceptors (Lipinski definition) is 3. The molecular weight excluding hydrogens is 214 g/mol. The van der Waals surface area contributed by atoms with E-state index in [0.29, 0.717) is 0 Å². The van der Waals surface area contributed by atoms with Crippen molar-refractivity contribution in [2.75, 3.05) is 5.73 Å². The van der Waals surface area contributed by atoms with Gasteiger partial charge < -0.3 is 14.9 Å². The van der Waals surface area contributed by atoms with Gasteiger partial charge in [0, 0.05) is 20.0 Å². The summed E-state index contributed by atoms with van der Waals surface area (Å²) in [5, 5.41) is 0. The number of nitrogens with two attached hydrogens (primary N) is 1. The molecule has 0 unspecified atom stereocenters. The van der Waals surface area contributed by atoms with Crippen LogP contribution in [0.3, 0.4) is 0 Å². The van der Waals surface area contributed by atoms with Crippen molar-refractivity contribution in [1.82, 2.24) is 19.1 Å². The van der Waals surface area contributed by atoms with Gasteiger partial charge in [0.25, 0.3) is 0 Å². The Bertz CT molecular complexity index is 509. The molecule has 5 nitrogen and oxygen atoms in total. The molecule has 0 aliphatic carbocycles. The van der Waals surface area contributed by atoms with E-state index in [1.807, 2.05) is 11.6 Å². The Labute approximate surface area is 101 Å². The number of hydrogen-bond donors (Lipinski definition) is 1. The zero-order chi connectivity index (χ0) is 12.4. The van der Waals surface area contributed by atoms with Crippen LogP contribution in [0.1, 0.15) is 26.1 Å². The Morgan fingerprint density at radius 2 is 2.12 bits per heavy atom. The second kappa shape index (κ2) is 4.61. The van der Waals surface area contributed by atoms with Crippen LogP contribution in [0.5, 0.6) is 0 Å². The average Bonchev–Trinajstić information content (AvgIpc) is 2.84. The number of rotatable bonds is 4.